The highest BCUT2D eigenvalue weighted by Gasteiger charge is 2.23. The van der Waals surface area contributed by atoms with E-state index in [9.17, 15) is 24.4 Å². The Kier molecular flexibility index (Phi) is 32.7. The minimum absolute atomic E-state index is 0.116. The molecule has 10 nitrogen and oxygen atoms in total. The number of hydrogen-bond acceptors (Lipinski definition) is 8. The van der Waals surface area contributed by atoms with Crippen LogP contribution in [0, 0.1) is 5.92 Å². The largest absolute Gasteiger partial charge is 0.469 e. The van der Waals surface area contributed by atoms with Crippen molar-refractivity contribution in [3.63, 3.8) is 0 Å². The molecule has 0 aliphatic heterocycles. The number of hydrogen-bond donors (Lipinski definition) is 4. The van der Waals surface area contributed by atoms with Crippen molar-refractivity contribution in [3.05, 3.63) is 12.2 Å². The molecule has 11 heteroatoms. The van der Waals surface area contributed by atoms with Crippen LogP contribution in [0.25, 0.3) is 0 Å². The standard InChI is InChI=1S/C39H75O10P/c1-4-5-6-7-18-23-28-36(40)37(41)29-24-19-16-21-26-31-39(43)49-35(33-48-50(44,45)46)32-47-38(42)30-25-20-15-13-11-9-8-10-12-14-17-22-27-34(2)3/h18,23,34-37,40-41H,4-17,19-22,24-33H2,1-3H3,(H2,44,45,46)/b23-18-/t35-,36+,37+/m1/s1. The van der Waals surface area contributed by atoms with E-state index in [1.54, 1.807) is 0 Å². The molecule has 0 aliphatic carbocycles. The summed E-state index contributed by atoms with van der Waals surface area (Å²) >= 11 is 0. The molecule has 50 heavy (non-hydrogen) atoms. The van der Waals surface area contributed by atoms with Crippen molar-refractivity contribution in [3.8, 4) is 0 Å². The molecular formula is C39H75O10P. The van der Waals surface area contributed by atoms with E-state index in [1.165, 1.54) is 70.6 Å². The van der Waals surface area contributed by atoms with Gasteiger partial charge >= 0.3 is 19.8 Å². The number of carbonyl (C=O) groups is 2. The van der Waals surface area contributed by atoms with Gasteiger partial charge in [-0.15, -0.1) is 0 Å². The van der Waals surface area contributed by atoms with E-state index < -0.39 is 44.7 Å². The SMILES string of the molecule is CCCCC/C=C\C[C@H](O)[C@@H](O)CCCCCCCC(=O)O[C@H](COC(=O)CCCCCCCCCCCCCCC(C)C)COP(=O)(O)O. The van der Waals surface area contributed by atoms with E-state index >= 15 is 0 Å². The molecule has 0 bridgehead atoms. The summed E-state index contributed by atoms with van der Waals surface area (Å²) in [5.41, 5.74) is 0. The summed E-state index contributed by atoms with van der Waals surface area (Å²) in [7, 11) is -4.79. The van der Waals surface area contributed by atoms with E-state index in [4.69, 9.17) is 19.3 Å². The number of phosphoric ester groups is 1. The van der Waals surface area contributed by atoms with Crippen LogP contribution in [0.3, 0.4) is 0 Å². The van der Waals surface area contributed by atoms with E-state index in [0.717, 1.165) is 63.7 Å². The average molecular weight is 735 g/mol. The molecule has 0 amide bonds. The predicted octanol–water partition coefficient (Wildman–Crippen LogP) is 9.65. The zero-order valence-electron chi connectivity index (χ0n) is 31.9. The molecule has 0 aromatic rings. The van der Waals surface area contributed by atoms with Crippen LogP contribution in [0.4, 0.5) is 0 Å². The molecular weight excluding hydrogens is 659 g/mol. The monoisotopic (exact) mass is 735 g/mol. The van der Waals surface area contributed by atoms with Crippen molar-refractivity contribution in [2.75, 3.05) is 13.2 Å². The van der Waals surface area contributed by atoms with Crippen molar-refractivity contribution >= 4 is 19.8 Å². The van der Waals surface area contributed by atoms with E-state index in [-0.39, 0.29) is 19.4 Å². The molecule has 0 rings (SSSR count). The maximum Gasteiger partial charge on any atom is 0.469 e. The molecule has 0 radical (unpaired) electrons. The second-order valence-electron chi connectivity index (χ2n) is 14.4. The molecule has 0 unspecified atom stereocenters. The van der Waals surface area contributed by atoms with Crippen LogP contribution in [0.2, 0.25) is 0 Å². The Morgan fingerprint density at radius 3 is 1.64 bits per heavy atom. The topological polar surface area (TPSA) is 160 Å². The molecule has 0 saturated carbocycles. The van der Waals surface area contributed by atoms with Crippen molar-refractivity contribution in [1.29, 1.82) is 0 Å². The Balaban J connectivity index is 4.05. The third-order valence-electron chi connectivity index (χ3n) is 8.91. The van der Waals surface area contributed by atoms with Crippen molar-refractivity contribution in [2.45, 2.75) is 206 Å². The van der Waals surface area contributed by atoms with E-state index in [0.29, 0.717) is 25.7 Å². The van der Waals surface area contributed by atoms with Gasteiger partial charge in [-0.1, -0.05) is 148 Å². The van der Waals surface area contributed by atoms with Gasteiger partial charge in [-0.3, -0.25) is 14.1 Å². The molecule has 0 aliphatic rings. The molecule has 3 atom stereocenters. The van der Waals surface area contributed by atoms with Crippen LogP contribution in [0.5, 0.6) is 0 Å². The number of phosphoric acid groups is 1. The zero-order chi connectivity index (χ0) is 37.3. The number of rotatable bonds is 36. The number of esters is 2. The van der Waals surface area contributed by atoms with Crippen LogP contribution in [-0.2, 0) is 28.2 Å². The first-order valence-electron chi connectivity index (χ1n) is 20.0. The molecule has 0 saturated heterocycles. The highest BCUT2D eigenvalue weighted by atomic mass is 31.2. The predicted molar refractivity (Wildman–Crippen MR) is 201 cm³/mol. The van der Waals surface area contributed by atoms with Gasteiger partial charge in [0.05, 0.1) is 18.8 Å². The van der Waals surface area contributed by atoms with Crippen LogP contribution in [0.1, 0.15) is 188 Å². The lowest BCUT2D eigenvalue weighted by Gasteiger charge is -2.18. The van der Waals surface area contributed by atoms with Crippen LogP contribution in [0.15, 0.2) is 12.2 Å². The molecule has 0 aromatic heterocycles. The number of aliphatic hydroxyl groups excluding tert-OH is 2. The molecule has 0 spiro atoms. The lowest BCUT2D eigenvalue weighted by molar-refractivity contribution is -0.161. The summed E-state index contributed by atoms with van der Waals surface area (Å²) < 4.78 is 26.3. The second-order valence-corrected chi connectivity index (χ2v) is 15.6. The Bertz CT molecular complexity index is 875. The quantitative estimate of drug-likeness (QED) is 0.0211. The van der Waals surface area contributed by atoms with E-state index in [2.05, 4.69) is 31.4 Å². The minimum Gasteiger partial charge on any atom is -0.462 e. The number of ether oxygens (including phenoxy) is 2. The highest BCUT2D eigenvalue weighted by molar-refractivity contribution is 7.46. The van der Waals surface area contributed by atoms with Crippen LogP contribution < -0.4 is 0 Å². The Hall–Kier alpha value is -1.29. The maximum absolute atomic E-state index is 12.4. The van der Waals surface area contributed by atoms with Gasteiger partial charge in [0.1, 0.15) is 6.61 Å². The second kappa shape index (κ2) is 33.5. The zero-order valence-corrected chi connectivity index (χ0v) is 32.8. The summed E-state index contributed by atoms with van der Waals surface area (Å²) in [6.45, 7) is 5.82. The fourth-order valence-corrected chi connectivity index (χ4v) is 6.12. The minimum atomic E-state index is -4.79. The molecule has 0 fully saturated rings. The lowest BCUT2D eigenvalue weighted by atomic mass is 10.0. The first-order valence-corrected chi connectivity index (χ1v) is 21.5. The Labute approximate surface area is 304 Å². The lowest BCUT2D eigenvalue weighted by Crippen LogP contribution is -2.29. The van der Waals surface area contributed by atoms with Gasteiger partial charge in [-0.2, -0.15) is 0 Å². The van der Waals surface area contributed by atoms with E-state index in [1.807, 2.05) is 6.08 Å². The summed E-state index contributed by atoms with van der Waals surface area (Å²) in [5.74, 6) is -0.181. The number of allylic oxidation sites excluding steroid dienone is 1. The summed E-state index contributed by atoms with van der Waals surface area (Å²) in [6.07, 6.45) is 26.7. The van der Waals surface area contributed by atoms with Gasteiger partial charge in [0.15, 0.2) is 6.10 Å². The summed E-state index contributed by atoms with van der Waals surface area (Å²) in [5, 5.41) is 20.3. The van der Waals surface area contributed by atoms with Crippen molar-refractivity contribution < 1.29 is 48.2 Å². The first-order chi connectivity index (χ1) is 23.9. The normalized spacial score (nSPS) is 13.9. The summed E-state index contributed by atoms with van der Waals surface area (Å²) in [6, 6.07) is 0. The summed E-state index contributed by atoms with van der Waals surface area (Å²) in [4.78, 5) is 42.8. The van der Waals surface area contributed by atoms with Gasteiger partial charge in [0.2, 0.25) is 0 Å². The maximum atomic E-state index is 12.4. The Morgan fingerprint density at radius 2 is 1.12 bits per heavy atom. The fourth-order valence-electron chi connectivity index (χ4n) is 5.76. The van der Waals surface area contributed by atoms with Gasteiger partial charge in [-0.05, 0) is 44.4 Å². The van der Waals surface area contributed by atoms with Crippen LogP contribution in [-0.4, -0.2) is 63.5 Å². The number of unbranched alkanes of at least 4 members (excludes halogenated alkanes) is 18. The Morgan fingerprint density at radius 1 is 0.620 bits per heavy atom. The molecule has 4 N–H and O–H groups in total. The fraction of sp³-hybridized carbons (Fsp3) is 0.897. The van der Waals surface area contributed by atoms with Gasteiger partial charge < -0.3 is 29.5 Å². The molecule has 0 heterocycles. The van der Waals surface area contributed by atoms with Crippen molar-refractivity contribution in [1.82, 2.24) is 0 Å². The number of carbonyl (C=O) groups excluding carboxylic acids is 2. The first kappa shape index (κ1) is 48.7. The van der Waals surface area contributed by atoms with Gasteiger partial charge in [0.25, 0.3) is 0 Å². The third-order valence-corrected chi connectivity index (χ3v) is 9.40. The smallest absolute Gasteiger partial charge is 0.462 e. The van der Waals surface area contributed by atoms with Crippen LogP contribution >= 0.6 is 7.82 Å². The highest BCUT2D eigenvalue weighted by Crippen LogP contribution is 2.36. The average Bonchev–Trinajstić information content (AvgIpc) is 3.06. The van der Waals surface area contributed by atoms with Gasteiger partial charge in [-0.25, -0.2) is 4.57 Å². The van der Waals surface area contributed by atoms with Crippen molar-refractivity contribution in [2.24, 2.45) is 5.92 Å². The molecule has 296 valence electrons. The van der Waals surface area contributed by atoms with Gasteiger partial charge in [0, 0.05) is 12.8 Å². The third kappa shape index (κ3) is 35.1. The number of aliphatic hydroxyl groups is 2. The molecule has 0 aromatic carbocycles.